The molecule has 3 aromatic rings. The van der Waals surface area contributed by atoms with E-state index in [1.165, 1.54) is 28.9 Å². The molecule has 0 saturated carbocycles. The molecule has 0 radical (unpaired) electrons. The van der Waals surface area contributed by atoms with Gasteiger partial charge < -0.3 is 5.32 Å². The Morgan fingerprint density at radius 2 is 1.88 bits per heavy atom. The van der Waals surface area contributed by atoms with Crippen molar-refractivity contribution in [2.24, 2.45) is 0 Å². The molecule has 0 fully saturated rings. The molecule has 25 heavy (non-hydrogen) atoms. The Hall–Kier alpha value is -1.72. The Morgan fingerprint density at radius 3 is 2.68 bits per heavy atom. The molecule has 0 aliphatic carbocycles. The first kappa shape index (κ1) is 16.7. The largest absolute Gasteiger partial charge is 0.370 e. The van der Waals surface area contributed by atoms with Crippen molar-refractivity contribution in [3.63, 3.8) is 0 Å². The molecule has 1 aliphatic rings. The maximum Gasteiger partial charge on any atom is 0.133 e. The van der Waals surface area contributed by atoms with E-state index in [2.05, 4.69) is 80.7 Å². The molecule has 0 unspecified atom stereocenters. The van der Waals surface area contributed by atoms with Gasteiger partial charge in [0.25, 0.3) is 0 Å². The van der Waals surface area contributed by atoms with Crippen molar-refractivity contribution in [1.82, 2.24) is 9.78 Å². The maximum atomic E-state index is 5.04. The lowest BCUT2D eigenvalue weighted by molar-refractivity contribution is 0.779. The zero-order valence-corrected chi connectivity index (χ0v) is 16.5. The molecule has 128 valence electrons. The predicted molar refractivity (Wildman–Crippen MR) is 110 cm³/mol. The third kappa shape index (κ3) is 3.23. The molecule has 0 amide bonds. The van der Waals surface area contributed by atoms with Gasteiger partial charge in [0.05, 0.1) is 11.4 Å². The molecule has 1 aromatic heterocycles. The Morgan fingerprint density at radius 1 is 1.08 bits per heavy atom. The standard InChI is InChI=1S/C20H20BrN3S/c1-25-18-8-3-2-6-16(18)19-17-7-4-5-13-22-20(17)24(23-19)15-11-9-14(21)10-12-15/h2-3,6,8-12,22H,4-5,7,13H2,1H3. The third-order valence-corrected chi connectivity index (χ3v) is 5.89. The van der Waals surface area contributed by atoms with Crippen LogP contribution in [-0.2, 0) is 6.42 Å². The van der Waals surface area contributed by atoms with Gasteiger partial charge in [0.2, 0.25) is 0 Å². The van der Waals surface area contributed by atoms with E-state index in [-0.39, 0.29) is 0 Å². The first-order valence-electron chi connectivity index (χ1n) is 8.53. The molecule has 1 N–H and O–H groups in total. The number of aromatic nitrogens is 2. The molecule has 0 atom stereocenters. The maximum absolute atomic E-state index is 5.04. The van der Waals surface area contributed by atoms with Gasteiger partial charge in [-0.1, -0.05) is 34.1 Å². The molecule has 3 nitrogen and oxygen atoms in total. The van der Waals surface area contributed by atoms with Gasteiger partial charge in [-0.3, -0.25) is 0 Å². The second-order valence-corrected chi connectivity index (χ2v) is 7.91. The molecule has 4 rings (SSSR count). The minimum atomic E-state index is 0.999. The molecule has 0 saturated heterocycles. The van der Waals surface area contributed by atoms with Gasteiger partial charge in [-0.25, -0.2) is 4.68 Å². The average molecular weight is 414 g/mol. The summed E-state index contributed by atoms with van der Waals surface area (Å²) in [6, 6.07) is 16.9. The van der Waals surface area contributed by atoms with Gasteiger partial charge >= 0.3 is 0 Å². The monoisotopic (exact) mass is 413 g/mol. The lowest BCUT2D eigenvalue weighted by atomic mass is 10.0. The highest BCUT2D eigenvalue weighted by atomic mass is 79.9. The van der Waals surface area contributed by atoms with Gasteiger partial charge in [0, 0.05) is 27.0 Å². The molecule has 0 spiro atoms. The number of fused-ring (bicyclic) bond motifs is 1. The van der Waals surface area contributed by atoms with E-state index < -0.39 is 0 Å². The number of hydrogen-bond acceptors (Lipinski definition) is 3. The van der Waals surface area contributed by atoms with Crippen LogP contribution in [0.25, 0.3) is 16.9 Å². The van der Waals surface area contributed by atoms with Crippen molar-refractivity contribution in [2.75, 3.05) is 18.1 Å². The molecule has 2 aromatic carbocycles. The van der Waals surface area contributed by atoms with E-state index in [1.807, 2.05) is 0 Å². The fourth-order valence-corrected chi connectivity index (χ4v) is 4.19. The minimum Gasteiger partial charge on any atom is -0.370 e. The highest BCUT2D eigenvalue weighted by molar-refractivity contribution is 9.10. The van der Waals surface area contributed by atoms with Crippen molar-refractivity contribution in [2.45, 2.75) is 24.2 Å². The third-order valence-electron chi connectivity index (χ3n) is 4.56. The van der Waals surface area contributed by atoms with Gasteiger partial charge in [0.1, 0.15) is 5.82 Å². The van der Waals surface area contributed by atoms with Crippen molar-refractivity contribution in [1.29, 1.82) is 0 Å². The number of halogens is 1. The smallest absolute Gasteiger partial charge is 0.133 e. The van der Waals surface area contributed by atoms with Crippen LogP contribution in [0.4, 0.5) is 5.82 Å². The van der Waals surface area contributed by atoms with Crippen LogP contribution in [0.5, 0.6) is 0 Å². The van der Waals surface area contributed by atoms with Crippen LogP contribution in [0, 0.1) is 0 Å². The topological polar surface area (TPSA) is 29.9 Å². The van der Waals surface area contributed by atoms with E-state index >= 15 is 0 Å². The summed E-state index contributed by atoms with van der Waals surface area (Å²) in [6.07, 6.45) is 5.58. The summed E-state index contributed by atoms with van der Waals surface area (Å²) in [7, 11) is 0. The summed E-state index contributed by atoms with van der Waals surface area (Å²) in [5, 5.41) is 8.65. The molecular weight excluding hydrogens is 394 g/mol. The number of nitrogens with one attached hydrogen (secondary N) is 1. The first-order valence-corrected chi connectivity index (χ1v) is 10.5. The zero-order valence-electron chi connectivity index (χ0n) is 14.1. The van der Waals surface area contributed by atoms with E-state index in [9.17, 15) is 0 Å². The summed E-state index contributed by atoms with van der Waals surface area (Å²) in [4.78, 5) is 1.27. The van der Waals surface area contributed by atoms with E-state index in [0.29, 0.717) is 0 Å². The SMILES string of the molecule is CSc1ccccc1-c1nn(-c2ccc(Br)cc2)c2c1CCCCN2. The van der Waals surface area contributed by atoms with E-state index in [4.69, 9.17) is 5.10 Å². The Balaban J connectivity index is 1.92. The number of benzene rings is 2. The summed E-state index contributed by atoms with van der Waals surface area (Å²) in [5.74, 6) is 1.14. The van der Waals surface area contributed by atoms with Crippen LogP contribution in [0.3, 0.4) is 0 Å². The predicted octanol–water partition coefficient (Wildman–Crippen LogP) is 5.77. The van der Waals surface area contributed by atoms with Crippen LogP contribution in [0.15, 0.2) is 57.9 Å². The van der Waals surface area contributed by atoms with Gasteiger partial charge in [-0.05, 0) is 55.9 Å². The fourth-order valence-electron chi connectivity index (χ4n) is 3.33. The number of rotatable bonds is 3. The minimum absolute atomic E-state index is 0.999. The molecule has 2 heterocycles. The van der Waals surface area contributed by atoms with Gasteiger partial charge in [-0.15, -0.1) is 11.8 Å². The van der Waals surface area contributed by atoms with Crippen molar-refractivity contribution in [3.05, 3.63) is 58.6 Å². The van der Waals surface area contributed by atoms with Crippen LogP contribution >= 0.6 is 27.7 Å². The van der Waals surface area contributed by atoms with Crippen LogP contribution < -0.4 is 5.32 Å². The highest BCUT2D eigenvalue weighted by Gasteiger charge is 2.22. The molecular formula is C20H20BrN3S. The second-order valence-electron chi connectivity index (χ2n) is 6.15. The number of anilines is 1. The summed E-state index contributed by atoms with van der Waals surface area (Å²) in [6.45, 7) is 0.999. The summed E-state index contributed by atoms with van der Waals surface area (Å²) < 4.78 is 3.15. The van der Waals surface area contributed by atoms with Crippen LogP contribution in [-0.4, -0.2) is 22.6 Å². The summed E-state index contributed by atoms with van der Waals surface area (Å²) in [5.41, 5.74) is 4.76. The van der Waals surface area contributed by atoms with E-state index in [0.717, 1.165) is 34.6 Å². The van der Waals surface area contributed by atoms with Crippen molar-refractivity contribution < 1.29 is 0 Å². The first-order chi connectivity index (χ1) is 12.3. The van der Waals surface area contributed by atoms with Crippen molar-refractivity contribution >= 4 is 33.5 Å². The zero-order chi connectivity index (χ0) is 17.2. The Bertz CT molecular complexity index is 886. The average Bonchev–Trinajstić information content (AvgIpc) is 2.83. The fraction of sp³-hybridized carbons (Fsp3) is 0.250. The van der Waals surface area contributed by atoms with Crippen molar-refractivity contribution in [3.8, 4) is 16.9 Å². The van der Waals surface area contributed by atoms with Crippen LogP contribution in [0.2, 0.25) is 0 Å². The van der Waals surface area contributed by atoms with Gasteiger partial charge in [0.15, 0.2) is 0 Å². The quantitative estimate of drug-likeness (QED) is 0.552. The lowest BCUT2D eigenvalue weighted by Crippen LogP contribution is -2.07. The number of nitrogens with zero attached hydrogens (tertiary/aromatic N) is 2. The number of hydrogen-bond donors (Lipinski definition) is 1. The Kier molecular flexibility index (Phi) is 4.86. The second kappa shape index (κ2) is 7.26. The van der Waals surface area contributed by atoms with Gasteiger partial charge in [-0.2, -0.15) is 5.10 Å². The molecule has 5 heteroatoms. The highest BCUT2D eigenvalue weighted by Crippen LogP contribution is 2.37. The van der Waals surface area contributed by atoms with E-state index in [1.54, 1.807) is 11.8 Å². The van der Waals surface area contributed by atoms with Crippen LogP contribution in [0.1, 0.15) is 18.4 Å². The number of thioether (sulfide) groups is 1. The lowest BCUT2D eigenvalue weighted by Gasteiger charge is -2.09. The normalized spacial score (nSPS) is 13.8. The molecule has 1 aliphatic heterocycles. The summed E-state index contributed by atoms with van der Waals surface area (Å²) >= 11 is 5.30. The Labute approximate surface area is 161 Å². The molecule has 0 bridgehead atoms.